The van der Waals surface area contributed by atoms with Gasteiger partial charge in [0.2, 0.25) is 0 Å². The average molecular weight is 323 g/mol. The molecular formula is C16H12Cl2O3. The Labute approximate surface area is 132 Å². The van der Waals surface area contributed by atoms with Gasteiger partial charge in [-0.05, 0) is 35.4 Å². The first kappa shape index (κ1) is 15.4. The summed E-state index contributed by atoms with van der Waals surface area (Å²) in [6, 6.07) is 12.0. The highest BCUT2D eigenvalue weighted by molar-refractivity contribution is 6.36. The predicted octanol–water partition coefficient (Wildman–Crippen LogP) is 4.52. The Morgan fingerprint density at radius 1 is 1.14 bits per heavy atom. The van der Waals surface area contributed by atoms with Gasteiger partial charge < -0.3 is 9.84 Å². The zero-order chi connectivity index (χ0) is 15.4. The number of carboxylic acids is 1. The molecule has 5 heteroatoms. The molecule has 0 spiro atoms. The topological polar surface area (TPSA) is 46.5 Å². The number of methoxy groups -OCH3 is 1. The van der Waals surface area contributed by atoms with E-state index in [1.165, 1.54) is 0 Å². The van der Waals surface area contributed by atoms with Gasteiger partial charge in [0.05, 0.1) is 7.11 Å². The van der Waals surface area contributed by atoms with Crippen LogP contribution in [0.3, 0.4) is 0 Å². The van der Waals surface area contributed by atoms with E-state index in [0.29, 0.717) is 26.9 Å². The lowest BCUT2D eigenvalue weighted by molar-refractivity contribution is -0.131. The molecule has 0 aliphatic carbocycles. The molecule has 108 valence electrons. The van der Waals surface area contributed by atoms with Crippen LogP contribution in [0.1, 0.15) is 11.1 Å². The van der Waals surface area contributed by atoms with Crippen molar-refractivity contribution < 1.29 is 14.6 Å². The molecule has 2 aromatic rings. The Morgan fingerprint density at radius 2 is 1.81 bits per heavy atom. The van der Waals surface area contributed by atoms with E-state index in [1.807, 2.05) is 0 Å². The van der Waals surface area contributed by atoms with Crippen molar-refractivity contribution >= 4 is 34.7 Å². The van der Waals surface area contributed by atoms with Gasteiger partial charge >= 0.3 is 5.97 Å². The summed E-state index contributed by atoms with van der Waals surface area (Å²) in [5.41, 5.74) is 1.84. The number of hydrogen-bond acceptors (Lipinski definition) is 2. The first-order valence-electron chi connectivity index (χ1n) is 6.05. The number of carboxylic acid groups (broad SMARTS) is 1. The van der Waals surface area contributed by atoms with Gasteiger partial charge in [-0.3, -0.25) is 0 Å². The van der Waals surface area contributed by atoms with Crippen LogP contribution in [0.25, 0.3) is 5.57 Å². The number of benzene rings is 2. The van der Waals surface area contributed by atoms with Gasteiger partial charge in [0.15, 0.2) is 0 Å². The molecular weight excluding hydrogens is 311 g/mol. The van der Waals surface area contributed by atoms with E-state index in [4.69, 9.17) is 33.0 Å². The van der Waals surface area contributed by atoms with Crippen molar-refractivity contribution in [1.29, 1.82) is 0 Å². The Hall–Kier alpha value is -1.97. The summed E-state index contributed by atoms with van der Waals surface area (Å²) < 4.78 is 5.10. The van der Waals surface area contributed by atoms with Crippen molar-refractivity contribution in [3.8, 4) is 5.75 Å². The lowest BCUT2D eigenvalue weighted by Gasteiger charge is -2.11. The zero-order valence-corrected chi connectivity index (χ0v) is 12.7. The van der Waals surface area contributed by atoms with Crippen LogP contribution >= 0.6 is 23.2 Å². The van der Waals surface area contributed by atoms with Gasteiger partial charge in [-0.25, -0.2) is 4.79 Å². The van der Waals surface area contributed by atoms with Crippen LogP contribution in [-0.4, -0.2) is 18.2 Å². The minimum atomic E-state index is -1.05. The summed E-state index contributed by atoms with van der Waals surface area (Å²) >= 11 is 12.0. The summed E-state index contributed by atoms with van der Waals surface area (Å²) in [7, 11) is 1.57. The van der Waals surface area contributed by atoms with Crippen LogP contribution in [-0.2, 0) is 4.79 Å². The van der Waals surface area contributed by atoms with E-state index in [-0.39, 0.29) is 0 Å². The molecule has 1 N–H and O–H groups in total. The molecule has 3 nitrogen and oxygen atoms in total. The van der Waals surface area contributed by atoms with E-state index in [0.717, 1.165) is 11.6 Å². The maximum absolute atomic E-state index is 11.1. The van der Waals surface area contributed by atoms with Gasteiger partial charge in [0.1, 0.15) is 5.75 Å². The molecule has 0 aromatic heterocycles. The van der Waals surface area contributed by atoms with Crippen LogP contribution in [0.5, 0.6) is 5.75 Å². The second kappa shape index (κ2) is 6.66. The highest BCUT2D eigenvalue weighted by Crippen LogP contribution is 2.32. The average Bonchev–Trinajstić information content (AvgIpc) is 2.45. The fraction of sp³-hybridized carbons (Fsp3) is 0.0625. The van der Waals surface area contributed by atoms with Gasteiger partial charge in [0, 0.05) is 21.7 Å². The van der Waals surface area contributed by atoms with Gasteiger partial charge in [-0.15, -0.1) is 0 Å². The molecule has 0 atom stereocenters. The van der Waals surface area contributed by atoms with Crippen molar-refractivity contribution in [3.05, 3.63) is 69.7 Å². The quantitative estimate of drug-likeness (QED) is 0.842. The van der Waals surface area contributed by atoms with E-state index < -0.39 is 5.97 Å². The molecule has 0 saturated heterocycles. The standard InChI is InChI=1S/C16H12Cl2O3/c1-21-12-5-2-10(3-6-12)14(9-16(19)20)13-7-4-11(17)8-15(13)18/h2-9H,1H3,(H,19,20). The summed E-state index contributed by atoms with van der Waals surface area (Å²) in [5.74, 6) is -0.359. The van der Waals surface area contributed by atoms with Crippen molar-refractivity contribution in [1.82, 2.24) is 0 Å². The van der Waals surface area contributed by atoms with E-state index in [9.17, 15) is 4.79 Å². The maximum atomic E-state index is 11.1. The number of ether oxygens (including phenoxy) is 1. The third kappa shape index (κ3) is 3.78. The highest BCUT2D eigenvalue weighted by Gasteiger charge is 2.11. The molecule has 0 bridgehead atoms. The molecule has 2 rings (SSSR count). The van der Waals surface area contributed by atoms with Gasteiger partial charge in [-0.2, -0.15) is 0 Å². The van der Waals surface area contributed by atoms with E-state index in [2.05, 4.69) is 0 Å². The Kier molecular flexibility index (Phi) is 4.89. The second-order valence-corrected chi connectivity index (χ2v) is 5.09. The summed E-state index contributed by atoms with van der Waals surface area (Å²) in [5, 5.41) is 9.97. The fourth-order valence-corrected chi connectivity index (χ4v) is 2.43. The molecule has 0 fully saturated rings. The van der Waals surface area contributed by atoms with Gasteiger partial charge in [-0.1, -0.05) is 41.4 Å². The Morgan fingerprint density at radius 3 is 2.33 bits per heavy atom. The largest absolute Gasteiger partial charge is 0.497 e. The smallest absolute Gasteiger partial charge is 0.328 e. The first-order chi connectivity index (χ1) is 10.0. The number of carbonyl (C=O) groups is 1. The molecule has 0 amide bonds. The molecule has 0 aliphatic heterocycles. The third-order valence-electron chi connectivity index (χ3n) is 2.89. The van der Waals surface area contributed by atoms with Crippen LogP contribution in [0, 0.1) is 0 Å². The summed E-state index contributed by atoms with van der Waals surface area (Å²) in [4.78, 5) is 11.1. The van der Waals surface area contributed by atoms with E-state index >= 15 is 0 Å². The second-order valence-electron chi connectivity index (χ2n) is 4.25. The molecule has 0 saturated carbocycles. The number of halogens is 2. The van der Waals surface area contributed by atoms with Crippen LogP contribution in [0.4, 0.5) is 0 Å². The molecule has 0 aliphatic rings. The lowest BCUT2D eigenvalue weighted by atomic mass is 9.97. The molecule has 0 radical (unpaired) electrons. The minimum absolute atomic E-state index is 0.394. The Balaban J connectivity index is 2.55. The van der Waals surface area contributed by atoms with Gasteiger partial charge in [0.25, 0.3) is 0 Å². The molecule has 2 aromatic carbocycles. The lowest BCUT2D eigenvalue weighted by Crippen LogP contribution is -1.96. The summed E-state index contributed by atoms with van der Waals surface area (Å²) in [6.07, 6.45) is 1.12. The highest BCUT2D eigenvalue weighted by atomic mass is 35.5. The number of aliphatic carboxylic acids is 1. The van der Waals surface area contributed by atoms with Crippen molar-refractivity contribution in [2.75, 3.05) is 7.11 Å². The third-order valence-corrected chi connectivity index (χ3v) is 3.44. The molecule has 0 heterocycles. The van der Waals surface area contributed by atoms with Crippen LogP contribution < -0.4 is 4.74 Å². The van der Waals surface area contributed by atoms with Crippen LogP contribution in [0.2, 0.25) is 10.0 Å². The van der Waals surface area contributed by atoms with E-state index in [1.54, 1.807) is 49.6 Å². The monoisotopic (exact) mass is 322 g/mol. The predicted molar refractivity (Wildman–Crippen MR) is 84.2 cm³/mol. The first-order valence-corrected chi connectivity index (χ1v) is 6.81. The zero-order valence-electron chi connectivity index (χ0n) is 11.1. The van der Waals surface area contributed by atoms with Crippen LogP contribution in [0.15, 0.2) is 48.5 Å². The maximum Gasteiger partial charge on any atom is 0.328 e. The SMILES string of the molecule is COc1ccc(C(=CC(=O)O)c2ccc(Cl)cc2Cl)cc1. The molecule has 21 heavy (non-hydrogen) atoms. The number of rotatable bonds is 4. The minimum Gasteiger partial charge on any atom is -0.497 e. The summed E-state index contributed by atoms with van der Waals surface area (Å²) in [6.45, 7) is 0. The van der Waals surface area contributed by atoms with Crippen molar-refractivity contribution in [2.45, 2.75) is 0 Å². The number of hydrogen-bond donors (Lipinski definition) is 1. The fourth-order valence-electron chi connectivity index (χ4n) is 1.92. The van der Waals surface area contributed by atoms with Crippen molar-refractivity contribution in [3.63, 3.8) is 0 Å². The van der Waals surface area contributed by atoms with Crippen molar-refractivity contribution in [2.24, 2.45) is 0 Å². The Bertz CT molecular complexity index is 691. The molecule has 0 unspecified atom stereocenters. The normalized spacial score (nSPS) is 11.3.